The molecule has 8 nitrogen and oxygen atoms in total. The largest absolute Gasteiger partial charge is 0.396 e. The van der Waals surface area contributed by atoms with Crippen LogP contribution < -0.4 is 0 Å². The Bertz CT molecular complexity index is 857. The average Bonchev–Trinajstić information content (AvgIpc) is 3.48. The number of carbonyl (C=O) groups excluding carboxylic acids is 1. The molecule has 1 amide bonds. The number of hydrogen-bond donors (Lipinski definition) is 1. The number of fused-ring (bicyclic) bond motifs is 1. The van der Waals surface area contributed by atoms with E-state index in [9.17, 15) is 9.90 Å². The van der Waals surface area contributed by atoms with Gasteiger partial charge in [0.25, 0.3) is 0 Å². The number of aliphatic hydroxyl groups excluding tert-OH is 1. The summed E-state index contributed by atoms with van der Waals surface area (Å²) in [5.41, 5.74) is 0.600. The van der Waals surface area contributed by atoms with E-state index in [4.69, 9.17) is 9.26 Å². The molecule has 1 N–H and O–H groups in total. The van der Waals surface area contributed by atoms with E-state index in [1.165, 1.54) is 0 Å². The Kier molecular flexibility index (Phi) is 4.40. The molecule has 4 atom stereocenters. The van der Waals surface area contributed by atoms with Crippen LogP contribution in [0.15, 0.2) is 29.0 Å². The van der Waals surface area contributed by atoms with E-state index < -0.39 is 0 Å². The number of aromatic nitrogens is 3. The van der Waals surface area contributed by atoms with Crippen LogP contribution in [0.4, 0.5) is 0 Å². The molecule has 5 heterocycles. The lowest BCUT2D eigenvalue weighted by molar-refractivity contribution is -0.131. The predicted molar refractivity (Wildman–Crippen MR) is 98.0 cm³/mol. The molecule has 3 saturated heterocycles. The van der Waals surface area contributed by atoms with Crippen LogP contribution in [0.3, 0.4) is 0 Å². The summed E-state index contributed by atoms with van der Waals surface area (Å²) < 4.78 is 11.5. The molecule has 28 heavy (non-hydrogen) atoms. The Morgan fingerprint density at radius 2 is 2.36 bits per heavy atom. The van der Waals surface area contributed by atoms with Crippen LogP contribution in [0.2, 0.25) is 0 Å². The Morgan fingerprint density at radius 3 is 3.18 bits per heavy atom. The van der Waals surface area contributed by atoms with Crippen molar-refractivity contribution in [2.45, 2.75) is 43.8 Å². The van der Waals surface area contributed by atoms with Crippen molar-refractivity contribution in [3.8, 4) is 11.4 Å². The number of pyridine rings is 1. The summed E-state index contributed by atoms with van der Waals surface area (Å²) >= 11 is 0. The first-order valence-electron chi connectivity index (χ1n) is 9.98. The minimum atomic E-state index is -0.209. The van der Waals surface area contributed by atoms with Crippen molar-refractivity contribution in [3.63, 3.8) is 0 Å². The summed E-state index contributed by atoms with van der Waals surface area (Å²) in [5.74, 6) is 1.64. The van der Waals surface area contributed by atoms with Crippen LogP contribution >= 0.6 is 0 Å². The topological polar surface area (TPSA) is 102 Å². The van der Waals surface area contributed by atoms with Crippen LogP contribution in [0, 0.1) is 11.8 Å². The van der Waals surface area contributed by atoms with Gasteiger partial charge < -0.3 is 19.3 Å². The summed E-state index contributed by atoms with van der Waals surface area (Å²) in [6.07, 6.45) is 7.24. The summed E-state index contributed by atoms with van der Waals surface area (Å²) in [5, 5.41) is 13.7. The van der Waals surface area contributed by atoms with Gasteiger partial charge in [-0.1, -0.05) is 5.16 Å². The summed E-state index contributed by atoms with van der Waals surface area (Å²) in [4.78, 5) is 23.0. The molecule has 3 fully saturated rings. The first-order chi connectivity index (χ1) is 13.7. The van der Waals surface area contributed by atoms with E-state index in [-0.39, 0.29) is 36.1 Å². The third-order valence-corrected chi connectivity index (χ3v) is 6.52. The van der Waals surface area contributed by atoms with E-state index in [1.54, 1.807) is 12.4 Å². The lowest BCUT2D eigenvalue weighted by Gasteiger charge is -2.27. The van der Waals surface area contributed by atoms with Gasteiger partial charge in [-0.25, -0.2) is 0 Å². The number of aryl methyl sites for hydroxylation is 1. The molecule has 0 saturated carbocycles. The smallest absolute Gasteiger partial charge is 0.226 e. The first-order valence-corrected chi connectivity index (χ1v) is 9.98. The SMILES string of the molecule is O=C(CCCc1nc(-c2cccnc2)no1)N1C[C@H]2[C@@H](CO)[C@@H]3CC[C@@]2(C1)O3. The highest BCUT2D eigenvalue weighted by atomic mass is 16.5. The van der Waals surface area contributed by atoms with Crippen LogP contribution in [0.25, 0.3) is 11.4 Å². The molecule has 5 rings (SSSR count). The number of ether oxygens (including phenoxy) is 1. The van der Waals surface area contributed by atoms with Gasteiger partial charge in [0.1, 0.15) is 0 Å². The maximum Gasteiger partial charge on any atom is 0.226 e. The van der Waals surface area contributed by atoms with Gasteiger partial charge in [-0.15, -0.1) is 0 Å². The highest BCUT2D eigenvalue weighted by molar-refractivity contribution is 5.76. The molecule has 0 aliphatic carbocycles. The first kappa shape index (κ1) is 17.8. The highest BCUT2D eigenvalue weighted by Crippen LogP contribution is 2.54. The zero-order valence-corrected chi connectivity index (χ0v) is 15.7. The fraction of sp³-hybridized carbons (Fsp3) is 0.600. The number of hydrogen-bond acceptors (Lipinski definition) is 7. The van der Waals surface area contributed by atoms with Crippen molar-refractivity contribution < 1.29 is 19.2 Å². The second-order valence-electron chi connectivity index (χ2n) is 8.09. The van der Waals surface area contributed by atoms with E-state index in [2.05, 4.69) is 15.1 Å². The maximum absolute atomic E-state index is 12.7. The van der Waals surface area contributed by atoms with Gasteiger partial charge in [-0.3, -0.25) is 9.78 Å². The molecular weight excluding hydrogens is 360 g/mol. The van der Waals surface area contributed by atoms with E-state index in [0.717, 1.165) is 18.4 Å². The summed E-state index contributed by atoms with van der Waals surface area (Å²) in [7, 11) is 0. The Balaban J connectivity index is 1.14. The van der Waals surface area contributed by atoms with E-state index in [1.807, 2.05) is 17.0 Å². The van der Waals surface area contributed by atoms with Gasteiger partial charge in [-0.05, 0) is 31.4 Å². The second kappa shape index (κ2) is 6.93. The number of amides is 1. The third-order valence-electron chi connectivity index (χ3n) is 6.52. The Morgan fingerprint density at radius 1 is 1.43 bits per heavy atom. The lowest BCUT2D eigenvalue weighted by atomic mass is 9.74. The lowest BCUT2D eigenvalue weighted by Crippen LogP contribution is -2.38. The zero-order valence-electron chi connectivity index (χ0n) is 15.7. The Labute approximate surface area is 162 Å². The predicted octanol–water partition coefficient (Wildman–Crippen LogP) is 1.45. The van der Waals surface area contributed by atoms with Gasteiger partial charge in [0.05, 0.1) is 18.2 Å². The second-order valence-corrected chi connectivity index (χ2v) is 8.09. The number of rotatable bonds is 6. The van der Waals surface area contributed by atoms with Gasteiger partial charge in [0, 0.05) is 55.8 Å². The Hall–Kier alpha value is -2.32. The molecular formula is C20H24N4O4. The zero-order chi connectivity index (χ0) is 19.1. The van der Waals surface area contributed by atoms with E-state index in [0.29, 0.717) is 44.1 Å². The minimum absolute atomic E-state index is 0.138. The normalized spacial score (nSPS) is 30.8. The summed E-state index contributed by atoms with van der Waals surface area (Å²) in [6, 6.07) is 3.71. The fourth-order valence-corrected chi connectivity index (χ4v) is 5.14. The number of aliphatic hydroxyl groups is 1. The van der Waals surface area contributed by atoms with Crippen molar-refractivity contribution in [3.05, 3.63) is 30.4 Å². The van der Waals surface area contributed by atoms with Crippen molar-refractivity contribution in [1.29, 1.82) is 0 Å². The molecule has 0 unspecified atom stereocenters. The van der Waals surface area contributed by atoms with Crippen molar-refractivity contribution in [2.24, 2.45) is 11.8 Å². The highest BCUT2D eigenvalue weighted by Gasteiger charge is 2.63. The molecule has 2 aromatic heterocycles. The number of likely N-dealkylation sites (tertiary alicyclic amines) is 1. The molecule has 0 aromatic carbocycles. The van der Waals surface area contributed by atoms with Crippen LogP contribution in [0.1, 0.15) is 31.6 Å². The van der Waals surface area contributed by atoms with Crippen molar-refractivity contribution in [2.75, 3.05) is 19.7 Å². The molecule has 2 bridgehead atoms. The maximum atomic E-state index is 12.7. The molecule has 2 aromatic rings. The standard InChI is InChI=1S/C20H24N4O4/c25-11-14-15-10-24(12-20(15)7-6-16(14)27-20)18(26)5-1-4-17-22-19(23-28-17)13-3-2-8-21-9-13/h2-3,8-9,14-16,25H,1,4-7,10-12H2/t14-,15+,16+,20+/m1/s1. The molecule has 0 radical (unpaired) electrons. The van der Waals surface area contributed by atoms with Crippen molar-refractivity contribution in [1.82, 2.24) is 20.0 Å². The number of carbonyl (C=O) groups is 1. The van der Waals surface area contributed by atoms with Gasteiger partial charge in [-0.2, -0.15) is 4.98 Å². The van der Waals surface area contributed by atoms with Crippen LogP contribution in [-0.4, -0.2) is 62.4 Å². The monoisotopic (exact) mass is 384 g/mol. The molecule has 148 valence electrons. The molecule has 8 heteroatoms. The molecule has 1 spiro atoms. The van der Waals surface area contributed by atoms with Crippen LogP contribution in [0.5, 0.6) is 0 Å². The van der Waals surface area contributed by atoms with Gasteiger partial charge >= 0.3 is 0 Å². The number of nitrogens with zero attached hydrogens (tertiary/aromatic N) is 4. The quantitative estimate of drug-likeness (QED) is 0.804. The third kappa shape index (κ3) is 2.91. The molecule has 3 aliphatic heterocycles. The summed E-state index contributed by atoms with van der Waals surface area (Å²) in [6.45, 7) is 1.51. The van der Waals surface area contributed by atoms with Crippen molar-refractivity contribution >= 4 is 5.91 Å². The minimum Gasteiger partial charge on any atom is -0.396 e. The fourth-order valence-electron chi connectivity index (χ4n) is 5.14. The van der Waals surface area contributed by atoms with Gasteiger partial charge in [0.15, 0.2) is 0 Å². The average molecular weight is 384 g/mol. The van der Waals surface area contributed by atoms with E-state index >= 15 is 0 Å². The van der Waals surface area contributed by atoms with Gasteiger partial charge in [0.2, 0.25) is 17.6 Å². The van der Waals surface area contributed by atoms with Crippen LogP contribution in [-0.2, 0) is 16.0 Å². The molecule has 3 aliphatic rings.